The summed E-state index contributed by atoms with van der Waals surface area (Å²) < 4.78 is 5.18. The molecule has 0 amide bonds. The fraction of sp³-hybridized carbons (Fsp3) is 0.163. The molecule has 0 spiro atoms. The predicted molar refractivity (Wildman–Crippen MR) is 573 cm³/mol. The fourth-order valence-electron chi connectivity index (χ4n) is 22.4. The maximum atomic E-state index is 2.79. The summed E-state index contributed by atoms with van der Waals surface area (Å²) in [5.41, 5.74) is 42.8. The van der Waals surface area contributed by atoms with E-state index in [9.17, 15) is 0 Å². The van der Waals surface area contributed by atoms with E-state index in [-0.39, 0.29) is 33.8 Å². The zero-order chi connectivity index (χ0) is 91.8. The number of nitrogens with zero attached hydrogens (tertiary/aromatic N) is 4. The van der Waals surface area contributed by atoms with E-state index >= 15 is 0 Å². The summed E-state index contributed by atoms with van der Waals surface area (Å²) in [6, 6.07) is 155. The molecular formula is C129H111BN4. The molecule has 2 aromatic heterocycles. The molecule has 4 heterocycles. The van der Waals surface area contributed by atoms with Gasteiger partial charge in [0.1, 0.15) is 0 Å². The molecule has 20 aromatic rings. The van der Waals surface area contributed by atoms with Crippen molar-refractivity contribution in [2.24, 2.45) is 0 Å². The molecule has 18 aromatic carbocycles. The molecule has 0 saturated carbocycles. The van der Waals surface area contributed by atoms with Gasteiger partial charge in [0.25, 0.3) is 6.71 Å². The molecule has 2 aliphatic heterocycles. The lowest BCUT2D eigenvalue weighted by atomic mass is 9.33. The van der Waals surface area contributed by atoms with Gasteiger partial charge in [0.15, 0.2) is 0 Å². The van der Waals surface area contributed by atoms with Crippen molar-refractivity contribution >= 4 is 101 Å². The second-order valence-corrected chi connectivity index (χ2v) is 42.8. The minimum atomic E-state index is -0.839. The van der Waals surface area contributed by atoms with Gasteiger partial charge < -0.3 is 18.9 Å². The Bertz CT molecular complexity index is 7820. The van der Waals surface area contributed by atoms with Crippen LogP contribution in [0.5, 0.6) is 0 Å². The minimum absolute atomic E-state index is 0.101. The number of aromatic nitrogens is 2. The molecule has 0 N–H and O–H groups in total. The van der Waals surface area contributed by atoms with Gasteiger partial charge >= 0.3 is 0 Å². The molecule has 23 rings (SSSR count). The molecular weight excluding hydrogens is 1620 g/mol. The number of fused-ring (bicyclic) bond motifs is 13. The fourth-order valence-corrected chi connectivity index (χ4v) is 22.4. The van der Waals surface area contributed by atoms with E-state index in [1.807, 2.05) is 0 Å². The van der Waals surface area contributed by atoms with E-state index in [2.05, 4.69) is 523 Å². The molecule has 4 nitrogen and oxygen atoms in total. The van der Waals surface area contributed by atoms with Crippen LogP contribution >= 0.6 is 0 Å². The second kappa shape index (κ2) is 31.2. The summed E-state index contributed by atoms with van der Waals surface area (Å²) in [7, 11) is 0. The third kappa shape index (κ3) is 13.5. The molecule has 1 atom stereocenters. The average molecular weight is 1730 g/mol. The summed E-state index contributed by atoms with van der Waals surface area (Å²) >= 11 is 0. The second-order valence-electron chi connectivity index (χ2n) is 42.8. The summed E-state index contributed by atoms with van der Waals surface area (Å²) in [5, 5.41) is 4.98. The maximum Gasteiger partial charge on any atom is 0.252 e. The maximum absolute atomic E-state index is 2.79. The van der Waals surface area contributed by atoms with Crippen molar-refractivity contribution in [3.63, 3.8) is 0 Å². The van der Waals surface area contributed by atoms with E-state index in [4.69, 9.17) is 0 Å². The summed E-state index contributed by atoms with van der Waals surface area (Å²) in [4.78, 5) is 5.56. The van der Waals surface area contributed by atoms with E-state index in [1.165, 1.54) is 110 Å². The van der Waals surface area contributed by atoms with Crippen LogP contribution < -0.4 is 26.2 Å². The third-order valence-electron chi connectivity index (χ3n) is 29.4. The summed E-state index contributed by atoms with van der Waals surface area (Å²) in [6.07, 6.45) is 0. The van der Waals surface area contributed by atoms with Crippen LogP contribution in [0.15, 0.2) is 400 Å². The molecule has 0 bridgehead atoms. The molecule has 5 heteroatoms. The first-order chi connectivity index (χ1) is 64.6. The van der Waals surface area contributed by atoms with Crippen LogP contribution in [0.1, 0.15) is 154 Å². The smallest absolute Gasteiger partial charge is 0.252 e. The topological polar surface area (TPSA) is 16.3 Å². The Labute approximate surface area is 790 Å². The molecule has 134 heavy (non-hydrogen) atoms. The van der Waals surface area contributed by atoms with Crippen molar-refractivity contribution in [3.05, 3.63) is 450 Å². The Balaban J connectivity index is 0.922. The van der Waals surface area contributed by atoms with Crippen molar-refractivity contribution < 1.29 is 0 Å². The van der Waals surface area contributed by atoms with E-state index in [1.54, 1.807) is 0 Å². The Hall–Kier alpha value is -14.8. The lowest BCUT2D eigenvalue weighted by Gasteiger charge is -2.46. The van der Waals surface area contributed by atoms with Crippen molar-refractivity contribution in [1.82, 2.24) is 9.13 Å². The van der Waals surface area contributed by atoms with Crippen molar-refractivity contribution in [3.8, 4) is 89.3 Å². The molecule has 3 aliphatic rings. The normalized spacial score (nSPS) is 14.2. The lowest BCUT2D eigenvalue weighted by Crippen LogP contribution is -2.61. The Morgan fingerprint density at radius 3 is 0.933 bits per heavy atom. The molecule has 650 valence electrons. The van der Waals surface area contributed by atoms with Crippen LogP contribution in [0.4, 0.5) is 34.1 Å². The molecule has 1 unspecified atom stereocenters. The highest BCUT2D eigenvalue weighted by atomic mass is 15.2. The average Bonchev–Trinajstić information content (AvgIpc) is 1.62. The first-order valence-electron chi connectivity index (χ1n) is 47.9. The van der Waals surface area contributed by atoms with Gasteiger partial charge in [-0.25, -0.2) is 0 Å². The van der Waals surface area contributed by atoms with E-state index < -0.39 is 5.41 Å². The highest BCUT2D eigenvalue weighted by Crippen LogP contribution is 2.62. The van der Waals surface area contributed by atoms with Crippen LogP contribution in [0.3, 0.4) is 0 Å². The monoisotopic (exact) mass is 1730 g/mol. The number of hydrogen-bond donors (Lipinski definition) is 0. The largest absolute Gasteiger partial charge is 0.310 e. The van der Waals surface area contributed by atoms with Crippen LogP contribution in [0.2, 0.25) is 0 Å². The van der Waals surface area contributed by atoms with E-state index in [0.717, 1.165) is 123 Å². The first-order valence-corrected chi connectivity index (χ1v) is 47.9. The molecule has 1 aliphatic carbocycles. The molecule has 0 fully saturated rings. The molecule has 0 saturated heterocycles. The Morgan fingerprint density at radius 1 is 0.216 bits per heavy atom. The van der Waals surface area contributed by atoms with Gasteiger partial charge in [-0.1, -0.05) is 407 Å². The lowest BCUT2D eigenvalue weighted by molar-refractivity contribution is 0.590. The van der Waals surface area contributed by atoms with Crippen molar-refractivity contribution in [2.45, 2.75) is 136 Å². The SMILES string of the molecule is CC(C)(C)c1cc(-c2ccccc2)c(N2c3cc(-n4c5ccc(C(C)(C)C)cc5c5cc(C(C)(C)C)ccc54)ccc3B3c4ccc(-n5c6ccc(C(C)(C)C)cc6c6cc(C(C)(C)C)ccc65)cc4N(c4c(-c5ccccc5)cccc4-c4ccccc4)c4cc(-c5cccc6c5C(c5ccccc5)(c5ccc(-c7ccccc7)cc5)c5ccccc5-6)cc2c43)c(-c2ccccc2)c1. The van der Waals surface area contributed by atoms with Gasteiger partial charge in [0, 0.05) is 77.9 Å². The van der Waals surface area contributed by atoms with Crippen LogP contribution in [0.25, 0.3) is 133 Å². The van der Waals surface area contributed by atoms with Crippen LogP contribution in [0, 0.1) is 0 Å². The highest BCUT2D eigenvalue weighted by Gasteiger charge is 2.51. The Morgan fingerprint density at radius 2 is 0.537 bits per heavy atom. The first kappa shape index (κ1) is 83.6. The van der Waals surface area contributed by atoms with Gasteiger partial charge in [-0.05, 0) is 246 Å². The highest BCUT2D eigenvalue weighted by molar-refractivity contribution is 7.00. The Kier molecular flexibility index (Phi) is 19.4. The van der Waals surface area contributed by atoms with Crippen LogP contribution in [-0.4, -0.2) is 15.8 Å². The molecule has 0 radical (unpaired) electrons. The quantitative estimate of drug-likeness (QED) is 0.113. The number of anilines is 6. The number of para-hydroxylation sites is 1. The standard InChI is InChI=1S/C129H111BN4/c1-124(2,3)91-60-68-112-105(74-91)106-75-92(125(4,5)6)61-69-113(106)131(112)96-64-66-110-116(80-96)133(122-99(84-40-24-17-25-41-84)52-37-53-100(122)85-42-26-18-27-43-85)118-72-88(98-51-36-54-102-101-50-34-35-55-109(101)129(120(98)102,89-48-32-21-33-49-89)90-58-56-83(57-59-90)82-38-22-16-23-39-82)73-119-121(118)130(110)111-67-65-97(132-114-70-62-93(126(7,8)9)76-107(114)108-77-94(127(10,11)12)63-71-115(108)132)81-117(111)134(119)123-103(86-44-28-19-29-45-86)78-95(128(13,14)15)79-104(123)87-46-30-20-31-47-87/h16-81H,1-15H3. The van der Waals surface area contributed by atoms with Gasteiger partial charge in [0.2, 0.25) is 0 Å². The van der Waals surface area contributed by atoms with Crippen molar-refractivity contribution in [2.75, 3.05) is 9.80 Å². The van der Waals surface area contributed by atoms with Gasteiger partial charge in [-0.3, -0.25) is 0 Å². The van der Waals surface area contributed by atoms with E-state index in [0.29, 0.717) is 0 Å². The summed E-state index contributed by atoms with van der Waals surface area (Å²) in [5.74, 6) is 0. The van der Waals surface area contributed by atoms with Gasteiger partial charge in [-0.15, -0.1) is 0 Å². The third-order valence-corrected chi connectivity index (χ3v) is 29.4. The minimum Gasteiger partial charge on any atom is -0.310 e. The number of benzene rings is 18. The number of rotatable bonds is 12. The summed E-state index contributed by atoms with van der Waals surface area (Å²) in [6.45, 7) is 34.9. The number of hydrogen-bond acceptors (Lipinski definition) is 2. The zero-order valence-electron chi connectivity index (χ0n) is 79.5. The van der Waals surface area contributed by atoms with Gasteiger partial charge in [0.05, 0.1) is 38.9 Å². The predicted octanol–water partition coefficient (Wildman–Crippen LogP) is 32.8. The van der Waals surface area contributed by atoms with Crippen molar-refractivity contribution in [1.29, 1.82) is 0 Å². The van der Waals surface area contributed by atoms with Crippen LogP contribution in [-0.2, 0) is 32.5 Å². The zero-order valence-corrected chi connectivity index (χ0v) is 79.5. The van der Waals surface area contributed by atoms with Gasteiger partial charge in [-0.2, -0.15) is 0 Å².